The third-order valence-corrected chi connectivity index (χ3v) is 4.19. The summed E-state index contributed by atoms with van der Waals surface area (Å²) in [5, 5.41) is 3.10. The van der Waals surface area contributed by atoms with Crippen LogP contribution in [0.4, 0.5) is 0 Å². The first kappa shape index (κ1) is 13.5. The summed E-state index contributed by atoms with van der Waals surface area (Å²) in [6.45, 7) is 4.01. The molecule has 4 nitrogen and oxygen atoms in total. The molecule has 1 heterocycles. The normalized spacial score (nSPS) is 26.5. The first-order valence-electron chi connectivity index (χ1n) is 7.23. The van der Waals surface area contributed by atoms with Crippen LogP contribution in [-0.2, 0) is 9.59 Å². The maximum Gasteiger partial charge on any atom is 0.234 e. The average Bonchev–Trinajstić information content (AvgIpc) is 2.84. The Morgan fingerprint density at radius 1 is 1.39 bits per heavy atom. The van der Waals surface area contributed by atoms with Gasteiger partial charge in [-0.2, -0.15) is 0 Å². The lowest BCUT2D eigenvalue weighted by atomic mass is 9.94. The molecule has 2 aliphatic rings. The van der Waals surface area contributed by atoms with Crippen molar-refractivity contribution in [3.8, 4) is 0 Å². The molecule has 1 N–H and O–H groups in total. The predicted octanol–water partition coefficient (Wildman–Crippen LogP) is 1.35. The van der Waals surface area contributed by atoms with Gasteiger partial charge in [-0.15, -0.1) is 0 Å². The summed E-state index contributed by atoms with van der Waals surface area (Å²) in [7, 11) is 0. The van der Waals surface area contributed by atoms with Crippen molar-refractivity contribution < 1.29 is 9.59 Å². The van der Waals surface area contributed by atoms with Gasteiger partial charge >= 0.3 is 0 Å². The molecule has 4 heteroatoms. The summed E-state index contributed by atoms with van der Waals surface area (Å²) < 4.78 is 0. The lowest BCUT2D eigenvalue weighted by Gasteiger charge is -2.31. The number of nitrogens with zero attached hydrogens (tertiary/aromatic N) is 1. The first-order chi connectivity index (χ1) is 8.69. The van der Waals surface area contributed by atoms with Crippen LogP contribution in [0.25, 0.3) is 0 Å². The molecule has 1 atom stereocenters. The Hall–Kier alpha value is -0.900. The molecule has 2 rings (SSSR count). The van der Waals surface area contributed by atoms with Gasteiger partial charge < -0.3 is 5.32 Å². The highest BCUT2D eigenvalue weighted by Gasteiger charge is 2.27. The number of likely N-dealkylation sites (tertiary alicyclic amines) is 1. The Balaban J connectivity index is 1.75. The zero-order chi connectivity index (χ0) is 13.0. The van der Waals surface area contributed by atoms with Gasteiger partial charge in [-0.3, -0.25) is 14.5 Å². The molecule has 1 amide bonds. The average molecular weight is 252 g/mol. The van der Waals surface area contributed by atoms with Gasteiger partial charge in [0.25, 0.3) is 0 Å². The van der Waals surface area contributed by atoms with Crippen molar-refractivity contribution >= 4 is 11.7 Å². The largest absolute Gasteiger partial charge is 0.352 e. The molecule has 0 aromatic rings. The number of Topliss-reactive ketones (excluding diaryl/α,β-unsaturated/α-hetero) is 1. The Labute approximate surface area is 109 Å². The van der Waals surface area contributed by atoms with Crippen molar-refractivity contribution in [1.29, 1.82) is 0 Å². The number of ketones is 1. The maximum absolute atomic E-state index is 11.9. The summed E-state index contributed by atoms with van der Waals surface area (Å²) in [5.74, 6) is 0.633. The first-order valence-corrected chi connectivity index (χ1v) is 7.23. The molecule has 1 aliphatic carbocycles. The topological polar surface area (TPSA) is 49.4 Å². The SMILES string of the molecule is CCC1CN(CC(=O)NC2CCCC2)CCC1=O. The summed E-state index contributed by atoms with van der Waals surface area (Å²) in [6.07, 6.45) is 6.22. The Kier molecular flexibility index (Phi) is 4.75. The third kappa shape index (κ3) is 3.55. The van der Waals surface area contributed by atoms with Crippen molar-refractivity contribution in [2.45, 2.75) is 51.5 Å². The molecule has 0 bridgehead atoms. The standard InChI is InChI=1S/C14H24N2O2/c1-2-11-9-16(8-7-13(11)17)10-14(18)15-12-5-3-4-6-12/h11-12H,2-10H2,1H3,(H,15,18). The van der Waals surface area contributed by atoms with Gasteiger partial charge in [0.05, 0.1) is 6.54 Å². The molecule has 1 aliphatic heterocycles. The van der Waals surface area contributed by atoms with Crippen molar-refractivity contribution in [2.75, 3.05) is 19.6 Å². The molecular weight excluding hydrogens is 228 g/mol. The fourth-order valence-corrected chi connectivity index (χ4v) is 3.02. The van der Waals surface area contributed by atoms with Crippen LogP contribution < -0.4 is 5.32 Å². The quantitative estimate of drug-likeness (QED) is 0.821. The predicted molar refractivity (Wildman–Crippen MR) is 70.2 cm³/mol. The highest BCUT2D eigenvalue weighted by atomic mass is 16.2. The lowest BCUT2D eigenvalue weighted by molar-refractivity contribution is -0.129. The Morgan fingerprint density at radius 3 is 2.78 bits per heavy atom. The lowest BCUT2D eigenvalue weighted by Crippen LogP contribution is -2.47. The number of carbonyl (C=O) groups is 2. The smallest absolute Gasteiger partial charge is 0.234 e. The molecule has 18 heavy (non-hydrogen) atoms. The van der Waals surface area contributed by atoms with E-state index in [1.54, 1.807) is 0 Å². The van der Waals surface area contributed by atoms with Gasteiger partial charge in [-0.05, 0) is 19.3 Å². The molecule has 0 spiro atoms. The van der Waals surface area contributed by atoms with Crippen molar-refractivity contribution in [1.82, 2.24) is 10.2 Å². The molecular formula is C14H24N2O2. The monoisotopic (exact) mass is 252 g/mol. The van der Waals surface area contributed by atoms with E-state index < -0.39 is 0 Å². The Morgan fingerprint density at radius 2 is 2.11 bits per heavy atom. The van der Waals surface area contributed by atoms with Gasteiger partial charge in [0.1, 0.15) is 5.78 Å². The number of hydrogen-bond acceptors (Lipinski definition) is 3. The zero-order valence-corrected chi connectivity index (χ0v) is 11.3. The number of hydrogen-bond donors (Lipinski definition) is 1. The second kappa shape index (κ2) is 6.32. The Bertz CT molecular complexity index is 311. The van der Waals surface area contributed by atoms with Gasteiger partial charge in [-0.25, -0.2) is 0 Å². The van der Waals surface area contributed by atoms with Crippen molar-refractivity contribution in [2.24, 2.45) is 5.92 Å². The third-order valence-electron chi connectivity index (χ3n) is 4.19. The van der Waals surface area contributed by atoms with Crippen LogP contribution in [0, 0.1) is 5.92 Å². The van der Waals surface area contributed by atoms with Crippen LogP contribution in [0.3, 0.4) is 0 Å². The van der Waals surface area contributed by atoms with Crippen molar-refractivity contribution in [3.63, 3.8) is 0 Å². The number of piperidine rings is 1. The minimum absolute atomic E-state index is 0.131. The van der Waals surface area contributed by atoms with Crippen molar-refractivity contribution in [3.05, 3.63) is 0 Å². The molecule has 0 aromatic heterocycles. The molecule has 1 unspecified atom stereocenters. The molecule has 1 saturated carbocycles. The molecule has 102 valence electrons. The summed E-state index contributed by atoms with van der Waals surface area (Å²) >= 11 is 0. The van der Waals surface area contributed by atoms with Crippen LogP contribution in [0.1, 0.15) is 45.4 Å². The highest BCUT2D eigenvalue weighted by Crippen LogP contribution is 2.18. The number of amides is 1. The number of rotatable bonds is 4. The maximum atomic E-state index is 11.9. The zero-order valence-electron chi connectivity index (χ0n) is 11.3. The van der Waals surface area contributed by atoms with Crippen LogP contribution in [0.5, 0.6) is 0 Å². The van der Waals surface area contributed by atoms with Gasteiger partial charge in [0, 0.05) is 31.5 Å². The van der Waals surface area contributed by atoms with Crippen LogP contribution in [-0.4, -0.2) is 42.3 Å². The van der Waals surface area contributed by atoms with E-state index in [-0.39, 0.29) is 11.8 Å². The second-order valence-corrected chi connectivity index (χ2v) is 5.61. The summed E-state index contributed by atoms with van der Waals surface area (Å²) in [6, 6.07) is 0.394. The molecule has 0 aromatic carbocycles. The van der Waals surface area contributed by atoms with E-state index in [9.17, 15) is 9.59 Å². The van der Waals surface area contributed by atoms with E-state index in [0.717, 1.165) is 32.4 Å². The van der Waals surface area contributed by atoms with E-state index in [4.69, 9.17) is 0 Å². The summed E-state index contributed by atoms with van der Waals surface area (Å²) in [4.78, 5) is 25.6. The number of carbonyl (C=O) groups excluding carboxylic acids is 2. The van der Waals surface area contributed by atoms with E-state index in [1.165, 1.54) is 12.8 Å². The van der Waals surface area contributed by atoms with Gasteiger partial charge in [-0.1, -0.05) is 19.8 Å². The van der Waals surface area contributed by atoms with Crippen LogP contribution >= 0.6 is 0 Å². The van der Waals surface area contributed by atoms with Crippen LogP contribution in [0.15, 0.2) is 0 Å². The van der Waals surface area contributed by atoms with Gasteiger partial charge in [0.2, 0.25) is 5.91 Å². The van der Waals surface area contributed by atoms with Crippen LogP contribution in [0.2, 0.25) is 0 Å². The van der Waals surface area contributed by atoms with E-state index >= 15 is 0 Å². The number of nitrogens with one attached hydrogen (secondary N) is 1. The second-order valence-electron chi connectivity index (χ2n) is 5.61. The van der Waals surface area contributed by atoms with Gasteiger partial charge in [0.15, 0.2) is 0 Å². The minimum Gasteiger partial charge on any atom is -0.352 e. The highest BCUT2D eigenvalue weighted by molar-refractivity contribution is 5.83. The summed E-state index contributed by atoms with van der Waals surface area (Å²) in [5.41, 5.74) is 0. The van der Waals surface area contributed by atoms with E-state index in [1.807, 2.05) is 6.92 Å². The minimum atomic E-state index is 0.131. The molecule has 2 fully saturated rings. The molecule has 0 radical (unpaired) electrons. The fourth-order valence-electron chi connectivity index (χ4n) is 3.02. The fraction of sp³-hybridized carbons (Fsp3) is 0.857. The van der Waals surface area contributed by atoms with E-state index in [2.05, 4.69) is 10.2 Å². The van der Waals surface area contributed by atoms with E-state index in [0.29, 0.717) is 24.8 Å². The molecule has 1 saturated heterocycles.